The van der Waals surface area contributed by atoms with Crippen LogP contribution in [0.3, 0.4) is 0 Å². The maximum Gasteiger partial charge on any atom is 0.244 e. The Balaban J connectivity index is 1.42. The van der Waals surface area contributed by atoms with Crippen LogP contribution in [0.1, 0.15) is 57.4 Å². The van der Waals surface area contributed by atoms with Gasteiger partial charge >= 0.3 is 0 Å². The van der Waals surface area contributed by atoms with Gasteiger partial charge in [0.15, 0.2) is 0 Å². The second-order valence-corrected chi connectivity index (χ2v) is 10.8. The van der Waals surface area contributed by atoms with E-state index in [0.29, 0.717) is 19.4 Å². The fraction of sp³-hybridized carbons (Fsp3) is 0.652. The SMILES string of the molecule is Cc1ccc(S(=O)(=O)NCC2CCC(C(=O)N[C@@H](C)C(=O)N3CCCCC3)CC2)cc1. The number of piperidine rings is 1. The van der Waals surface area contributed by atoms with E-state index in [4.69, 9.17) is 0 Å². The molecule has 2 aliphatic rings. The lowest BCUT2D eigenvalue weighted by Crippen LogP contribution is -2.50. The maximum atomic E-state index is 12.6. The van der Waals surface area contributed by atoms with Gasteiger partial charge in [-0.25, -0.2) is 13.1 Å². The van der Waals surface area contributed by atoms with Crippen LogP contribution in [0.2, 0.25) is 0 Å². The zero-order valence-corrected chi connectivity index (χ0v) is 19.4. The number of sulfonamides is 1. The molecule has 0 aromatic heterocycles. The van der Waals surface area contributed by atoms with Gasteiger partial charge in [-0.15, -0.1) is 0 Å². The monoisotopic (exact) mass is 449 g/mol. The Morgan fingerprint density at radius 2 is 1.65 bits per heavy atom. The zero-order chi connectivity index (χ0) is 22.4. The molecule has 8 heteroatoms. The number of likely N-dealkylation sites (tertiary alicyclic amines) is 1. The third kappa shape index (κ3) is 6.53. The van der Waals surface area contributed by atoms with Gasteiger partial charge in [0.1, 0.15) is 6.04 Å². The Kier molecular flexibility index (Phi) is 8.11. The summed E-state index contributed by atoms with van der Waals surface area (Å²) >= 11 is 0. The molecule has 1 aromatic rings. The fourth-order valence-electron chi connectivity index (χ4n) is 4.44. The van der Waals surface area contributed by atoms with E-state index in [2.05, 4.69) is 10.0 Å². The molecule has 1 saturated heterocycles. The predicted octanol–water partition coefficient (Wildman–Crippen LogP) is 2.60. The molecule has 1 aliphatic heterocycles. The summed E-state index contributed by atoms with van der Waals surface area (Å²) in [4.78, 5) is 27.3. The van der Waals surface area contributed by atoms with E-state index in [1.807, 2.05) is 11.8 Å². The van der Waals surface area contributed by atoms with Crippen molar-refractivity contribution in [1.29, 1.82) is 0 Å². The van der Waals surface area contributed by atoms with E-state index in [0.717, 1.165) is 50.8 Å². The highest BCUT2D eigenvalue weighted by atomic mass is 32.2. The minimum Gasteiger partial charge on any atom is -0.344 e. The standard InChI is InChI=1S/C23H35N3O4S/c1-17-6-12-21(13-7-17)31(29,30)24-16-19-8-10-20(11-9-19)22(27)25-18(2)23(28)26-14-4-3-5-15-26/h6-7,12-13,18-20,24H,3-5,8-11,14-16H2,1-2H3,(H,25,27)/t18-,19?,20?/m0/s1. The van der Waals surface area contributed by atoms with Crippen molar-refractivity contribution < 1.29 is 18.0 Å². The number of aryl methyl sites for hydroxylation is 1. The van der Waals surface area contributed by atoms with Gasteiger partial charge in [-0.3, -0.25) is 9.59 Å². The molecule has 1 aromatic carbocycles. The maximum absolute atomic E-state index is 12.6. The van der Waals surface area contributed by atoms with Crippen LogP contribution in [-0.2, 0) is 19.6 Å². The van der Waals surface area contributed by atoms with Crippen LogP contribution in [0.25, 0.3) is 0 Å². The summed E-state index contributed by atoms with van der Waals surface area (Å²) in [5.41, 5.74) is 1.02. The van der Waals surface area contributed by atoms with Crippen LogP contribution >= 0.6 is 0 Å². The molecule has 0 bridgehead atoms. The fourth-order valence-corrected chi connectivity index (χ4v) is 5.55. The van der Waals surface area contributed by atoms with Gasteiger partial charge in [-0.05, 0) is 76.8 Å². The molecule has 1 saturated carbocycles. The minimum atomic E-state index is -3.51. The number of hydrogen-bond donors (Lipinski definition) is 2. The van der Waals surface area contributed by atoms with Crippen molar-refractivity contribution in [3.05, 3.63) is 29.8 Å². The van der Waals surface area contributed by atoms with Crippen molar-refractivity contribution in [2.75, 3.05) is 19.6 Å². The molecule has 2 amide bonds. The molecular formula is C23H35N3O4S. The second kappa shape index (κ2) is 10.6. The Labute approximate surface area is 186 Å². The number of carbonyl (C=O) groups is 2. The molecule has 0 unspecified atom stereocenters. The van der Waals surface area contributed by atoms with Gasteiger partial charge in [0.2, 0.25) is 21.8 Å². The van der Waals surface area contributed by atoms with Gasteiger partial charge in [-0.1, -0.05) is 17.7 Å². The highest BCUT2D eigenvalue weighted by molar-refractivity contribution is 7.89. The summed E-state index contributed by atoms with van der Waals surface area (Å²) in [5, 5.41) is 2.90. The average molecular weight is 450 g/mol. The van der Waals surface area contributed by atoms with Crippen molar-refractivity contribution in [3.63, 3.8) is 0 Å². The third-order valence-corrected chi connectivity index (χ3v) is 7.95. The molecule has 2 fully saturated rings. The van der Waals surface area contributed by atoms with Crippen molar-refractivity contribution in [1.82, 2.24) is 14.9 Å². The van der Waals surface area contributed by atoms with E-state index in [-0.39, 0.29) is 28.5 Å². The summed E-state index contributed by atoms with van der Waals surface area (Å²) in [6.45, 7) is 5.63. The minimum absolute atomic E-state index is 0.00671. The largest absolute Gasteiger partial charge is 0.344 e. The second-order valence-electron chi connectivity index (χ2n) is 9.00. The van der Waals surface area contributed by atoms with Crippen molar-refractivity contribution >= 4 is 21.8 Å². The van der Waals surface area contributed by atoms with E-state index >= 15 is 0 Å². The number of rotatable bonds is 7. The molecule has 2 N–H and O–H groups in total. The van der Waals surface area contributed by atoms with Gasteiger partial charge in [-0.2, -0.15) is 0 Å². The zero-order valence-electron chi connectivity index (χ0n) is 18.6. The number of amides is 2. The lowest BCUT2D eigenvalue weighted by atomic mass is 9.81. The van der Waals surface area contributed by atoms with Crippen LogP contribution in [-0.4, -0.2) is 50.8 Å². The van der Waals surface area contributed by atoms with Crippen LogP contribution in [0.15, 0.2) is 29.2 Å². The molecule has 1 atom stereocenters. The van der Waals surface area contributed by atoms with E-state index in [9.17, 15) is 18.0 Å². The van der Waals surface area contributed by atoms with E-state index < -0.39 is 16.1 Å². The van der Waals surface area contributed by atoms with Crippen LogP contribution in [0.4, 0.5) is 0 Å². The first-order chi connectivity index (χ1) is 14.8. The normalized spacial score (nSPS) is 23.2. The lowest BCUT2D eigenvalue weighted by molar-refractivity contribution is -0.138. The smallest absolute Gasteiger partial charge is 0.244 e. The molecule has 0 spiro atoms. The van der Waals surface area contributed by atoms with E-state index in [1.165, 1.54) is 0 Å². The Hall–Kier alpha value is -1.93. The molecule has 0 radical (unpaired) electrons. The molecule has 3 rings (SSSR count). The molecule has 172 valence electrons. The Morgan fingerprint density at radius 3 is 2.26 bits per heavy atom. The number of nitrogens with zero attached hydrogens (tertiary/aromatic N) is 1. The molecule has 7 nitrogen and oxygen atoms in total. The quantitative estimate of drug-likeness (QED) is 0.669. The number of carbonyl (C=O) groups excluding carboxylic acids is 2. The molecular weight excluding hydrogens is 414 g/mol. The lowest BCUT2D eigenvalue weighted by Gasteiger charge is -2.31. The molecule has 1 heterocycles. The third-order valence-electron chi connectivity index (χ3n) is 6.51. The molecule has 1 aliphatic carbocycles. The topological polar surface area (TPSA) is 95.6 Å². The van der Waals surface area contributed by atoms with E-state index in [1.54, 1.807) is 31.2 Å². The van der Waals surface area contributed by atoms with Crippen molar-refractivity contribution in [3.8, 4) is 0 Å². The predicted molar refractivity (Wildman–Crippen MR) is 120 cm³/mol. The molecule has 31 heavy (non-hydrogen) atoms. The van der Waals surface area contributed by atoms with Crippen LogP contribution in [0.5, 0.6) is 0 Å². The summed E-state index contributed by atoms with van der Waals surface area (Å²) in [6, 6.07) is 6.31. The average Bonchev–Trinajstić information content (AvgIpc) is 2.78. The first-order valence-corrected chi connectivity index (χ1v) is 12.9. The van der Waals surface area contributed by atoms with Crippen molar-refractivity contribution in [2.45, 2.75) is 69.7 Å². The van der Waals surface area contributed by atoms with Gasteiger partial charge < -0.3 is 10.2 Å². The van der Waals surface area contributed by atoms with Crippen LogP contribution in [0, 0.1) is 18.8 Å². The number of nitrogens with one attached hydrogen (secondary N) is 2. The summed E-state index contributed by atoms with van der Waals surface area (Å²) in [7, 11) is -3.51. The Morgan fingerprint density at radius 1 is 1.03 bits per heavy atom. The number of benzene rings is 1. The van der Waals surface area contributed by atoms with Gasteiger partial charge in [0.25, 0.3) is 0 Å². The van der Waals surface area contributed by atoms with Gasteiger partial charge in [0.05, 0.1) is 4.90 Å². The highest BCUT2D eigenvalue weighted by Gasteiger charge is 2.30. The first kappa shape index (κ1) is 23.7. The first-order valence-electron chi connectivity index (χ1n) is 11.4. The summed E-state index contributed by atoms with van der Waals surface area (Å²) in [5.74, 6) is 0.0574. The van der Waals surface area contributed by atoms with Gasteiger partial charge in [0, 0.05) is 25.6 Å². The van der Waals surface area contributed by atoms with Crippen molar-refractivity contribution in [2.24, 2.45) is 11.8 Å². The summed E-state index contributed by atoms with van der Waals surface area (Å²) in [6.07, 6.45) is 6.25. The number of hydrogen-bond acceptors (Lipinski definition) is 4. The van der Waals surface area contributed by atoms with Crippen LogP contribution < -0.4 is 10.0 Å². The highest BCUT2D eigenvalue weighted by Crippen LogP contribution is 2.29. The summed E-state index contributed by atoms with van der Waals surface area (Å²) < 4.78 is 27.6. The Bertz CT molecular complexity index is 855.